The average Bonchev–Trinajstić information content (AvgIpc) is 2.99. The van der Waals surface area contributed by atoms with Gasteiger partial charge < -0.3 is 14.4 Å². The summed E-state index contributed by atoms with van der Waals surface area (Å²) in [6, 6.07) is 9.79. The molecule has 0 atom stereocenters. The van der Waals surface area contributed by atoms with Crippen molar-refractivity contribution in [2.45, 2.75) is 67.2 Å². The van der Waals surface area contributed by atoms with Crippen molar-refractivity contribution < 1.29 is 23.5 Å². The van der Waals surface area contributed by atoms with Crippen LogP contribution in [0, 0.1) is 12.7 Å². The molecule has 7 heteroatoms. The first kappa shape index (κ1) is 34.2. The van der Waals surface area contributed by atoms with Crippen molar-refractivity contribution in [1.82, 2.24) is 9.80 Å². The number of ketones is 1. The SMILES string of the molecule is C/C=C(\C(=O)c1c(F)ccc(OCCC)c1C)c1ccc(C(=O)N(CC)CCCC)cc1.CCCN1CCOCC1. The third kappa shape index (κ3) is 10.1. The number of allylic oxidation sites excluding steroid dienone is 2. The van der Waals surface area contributed by atoms with Crippen LogP contribution in [0.2, 0.25) is 0 Å². The fourth-order valence-corrected chi connectivity index (χ4v) is 4.74. The average molecular weight is 569 g/mol. The highest BCUT2D eigenvalue weighted by Crippen LogP contribution is 2.29. The Morgan fingerprint density at radius 3 is 2.20 bits per heavy atom. The lowest BCUT2D eigenvalue weighted by Gasteiger charge is -2.25. The van der Waals surface area contributed by atoms with Gasteiger partial charge in [0.1, 0.15) is 11.6 Å². The minimum atomic E-state index is -0.572. The van der Waals surface area contributed by atoms with Crippen LogP contribution >= 0.6 is 0 Å². The van der Waals surface area contributed by atoms with Crippen molar-refractivity contribution >= 4 is 17.3 Å². The molecule has 3 rings (SSSR count). The van der Waals surface area contributed by atoms with Crippen LogP contribution in [-0.4, -0.2) is 74.0 Å². The Kier molecular flexibility index (Phi) is 15.3. The second kappa shape index (κ2) is 18.4. The molecule has 1 fully saturated rings. The molecule has 1 amide bonds. The molecular weight excluding hydrogens is 519 g/mol. The van der Waals surface area contributed by atoms with E-state index in [0.29, 0.717) is 41.2 Å². The number of Topliss-reactive ketones (excluding diaryl/α,β-unsaturated/α-hetero) is 1. The summed E-state index contributed by atoms with van der Waals surface area (Å²) in [7, 11) is 0. The van der Waals surface area contributed by atoms with Gasteiger partial charge in [-0.15, -0.1) is 0 Å². The molecular formula is C34H49FN2O4. The third-order valence-corrected chi connectivity index (χ3v) is 7.12. The van der Waals surface area contributed by atoms with Crippen molar-refractivity contribution in [2.24, 2.45) is 0 Å². The molecule has 0 aliphatic carbocycles. The van der Waals surface area contributed by atoms with E-state index in [4.69, 9.17) is 9.47 Å². The molecule has 0 bridgehead atoms. The zero-order chi connectivity index (χ0) is 30.2. The largest absolute Gasteiger partial charge is 0.493 e. The molecule has 0 spiro atoms. The van der Waals surface area contributed by atoms with Crippen LogP contribution in [0.25, 0.3) is 5.57 Å². The summed E-state index contributed by atoms with van der Waals surface area (Å²) in [6.07, 6.45) is 5.74. The molecule has 2 aromatic carbocycles. The molecule has 0 N–H and O–H groups in total. The Hall–Kier alpha value is -3.03. The lowest BCUT2D eigenvalue weighted by molar-refractivity contribution is 0.0380. The van der Waals surface area contributed by atoms with Crippen molar-refractivity contribution in [3.05, 3.63) is 70.5 Å². The van der Waals surface area contributed by atoms with Gasteiger partial charge in [0.25, 0.3) is 5.91 Å². The van der Waals surface area contributed by atoms with E-state index < -0.39 is 11.6 Å². The van der Waals surface area contributed by atoms with Gasteiger partial charge in [-0.2, -0.15) is 0 Å². The number of morpholine rings is 1. The summed E-state index contributed by atoms with van der Waals surface area (Å²) >= 11 is 0. The molecule has 1 aliphatic heterocycles. The van der Waals surface area contributed by atoms with Crippen LogP contribution in [0.1, 0.15) is 92.1 Å². The van der Waals surface area contributed by atoms with Crippen LogP contribution in [0.5, 0.6) is 5.75 Å². The van der Waals surface area contributed by atoms with Gasteiger partial charge in [-0.1, -0.05) is 45.4 Å². The summed E-state index contributed by atoms with van der Waals surface area (Å²) in [6.45, 7) is 19.0. The van der Waals surface area contributed by atoms with Crippen molar-refractivity contribution in [3.8, 4) is 5.75 Å². The Morgan fingerprint density at radius 1 is 0.976 bits per heavy atom. The van der Waals surface area contributed by atoms with Crippen LogP contribution in [0.3, 0.4) is 0 Å². The van der Waals surface area contributed by atoms with E-state index in [9.17, 15) is 14.0 Å². The maximum Gasteiger partial charge on any atom is 0.253 e. The second-order valence-corrected chi connectivity index (χ2v) is 10.2. The van der Waals surface area contributed by atoms with Crippen LogP contribution in [0.4, 0.5) is 4.39 Å². The third-order valence-electron chi connectivity index (χ3n) is 7.12. The van der Waals surface area contributed by atoms with E-state index in [-0.39, 0.29) is 11.5 Å². The number of ether oxygens (including phenoxy) is 2. The van der Waals surface area contributed by atoms with E-state index in [1.807, 2.05) is 18.7 Å². The Balaban J connectivity index is 0.000000553. The number of amides is 1. The zero-order valence-electron chi connectivity index (χ0n) is 25.9. The van der Waals surface area contributed by atoms with Crippen LogP contribution in [0.15, 0.2) is 42.5 Å². The van der Waals surface area contributed by atoms with Gasteiger partial charge in [0.05, 0.1) is 25.4 Å². The summed E-state index contributed by atoms with van der Waals surface area (Å²) in [5.74, 6) is -0.484. The van der Waals surface area contributed by atoms with Crippen molar-refractivity contribution in [3.63, 3.8) is 0 Å². The Bertz CT molecular complexity index is 1120. The number of benzene rings is 2. The van der Waals surface area contributed by atoms with Gasteiger partial charge in [0.15, 0.2) is 5.78 Å². The first-order valence-electron chi connectivity index (χ1n) is 15.1. The maximum absolute atomic E-state index is 14.7. The van der Waals surface area contributed by atoms with Crippen molar-refractivity contribution in [2.75, 3.05) is 52.5 Å². The lowest BCUT2D eigenvalue weighted by atomic mass is 9.92. The van der Waals surface area contributed by atoms with E-state index in [1.165, 1.54) is 19.0 Å². The van der Waals surface area contributed by atoms with Crippen LogP contribution in [-0.2, 0) is 4.74 Å². The van der Waals surface area contributed by atoms with Gasteiger partial charge in [-0.25, -0.2) is 4.39 Å². The number of carbonyl (C=O) groups is 2. The molecule has 1 aliphatic rings. The fourth-order valence-electron chi connectivity index (χ4n) is 4.74. The smallest absolute Gasteiger partial charge is 0.253 e. The summed E-state index contributed by atoms with van der Waals surface area (Å²) < 4.78 is 25.5. The Morgan fingerprint density at radius 2 is 1.63 bits per heavy atom. The molecule has 226 valence electrons. The highest BCUT2D eigenvalue weighted by atomic mass is 19.1. The lowest BCUT2D eigenvalue weighted by Crippen LogP contribution is -2.36. The molecule has 2 aromatic rings. The predicted molar refractivity (Wildman–Crippen MR) is 165 cm³/mol. The zero-order valence-corrected chi connectivity index (χ0v) is 25.9. The fraction of sp³-hybridized carbons (Fsp3) is 0.529. The molecule has 0 radical (unpaired) electrons. The number of hydrogen-bond donors (Lipinski definition) is 0. The highest BCUT2D eigenvalue weighted by Gasteiger charge is 2.23. The van der Waals surface area contributed by atoms with Crippen molar-refractivity contribution in [1.29, 1.82) is 0 Å². The molecule has 41 heavy (non-hydrogen) atoms. The minimum absolute atomic E-state index is 0.0172. The van der Waals surface area contributed by atoms with E-state index >= 15 is 0 Å². The topological polar surface area (TPSA) is 59.1 Å². The molecule has 0 saturated carbocycles. The standard InChI is InChI=1S/C27H34FNO3.C7H15NO/c1-6-10-17-29(9-4)27(31)21-13-11-20(12-14-21)22(8-3)26(30)25-19(5)24(32-18-7-2)16-15-23(25)28;1-2-3-8-4-6-9-7-5-8/h8,11-16H,6-7,9-10,17-18H2,1-5H3;2-7H2,1H3/b22-8-;. The highest BCUT2D eigenvalue weighted by molar-refractivity contribution is 6.29. The minimum Gasteiger partial charge on any atom is -0.493 e. The van der Waals surface area contributed by atoms with E-state index in [0.717, 1.165) is 52.1 Å². The molecule has 0 unspecified atom stereocenters. The van der Waals surface area contributed by atoms with E-state index in [1.54, 1.807) is 50.3 Å². The maximum atomic E-state index is 14.7. The molecule has 6 nitrogen and oxygen atoms in total. The number of unbranched alkanes of at least 4 members (excludes halogenated alkanes) is 1. The molecule has 1 saturated heterocycles. The van der Waals surface area contributed by atoms with E-state index in [2.05, 4.69) is 18.7 Å². The molecule has 0 aromatic heterocycles. The monoisotopic (exact) mass is 568 g/mol. The summed E-state index contributed by atoms with van der Waals surface area (Å²) in [5, 5.41) is 0. The van der Waals surface area contributed by atoms with Crippen LogP contribution < -0.4 is 4.74 Å². The second-order valence-electron chi connectivity index (χ2n) is 10.2. The normalized spacial score (nSPS) is 13.8. The van der Waals surface area contributed by atoms with Gasteiger partial charge in [0, 0.05) is 42.9 Å². The number of rotatable bonds is 13. The molecule has 1 heterocycles. The number of halogens is 1. The Labute approximate surface area is 246 Å². The number of carbonyl (C=O) groups excluding carboxylic acids is 2. The number of hydrogen-bond acceptors (Lipinski definition) is 5. The quantitative estimate of drug-likeness (QED) is 0.189. The van der Waals surface area contributed by atoms with Gasteiger partial charge in [0.2, 0.25) is 0 Å². The first-order chi connectivity index (χ1) is 19.8. The first-order valence-corrected chi connectivity index (χ1v) is 15.1. The summed E-state index contributed by atoms with van der Waals surface area (Å²) in [4.78, 5) is 30.3. The van der Waals surface area contributed by atoms with Gasteiger partial charge in [-0.05, 0) is 76.4 Å². The predicted octanol–water partition coefficient (Wildman–Crippen LogP) is 7.20. The van der Waals surface area contributed by atoms with Gasteiger partial charge >= 0.3 is 0 Å². The number of nitrogens with zero attached hydrogens (tertiary/aromatic N) is 2. The van der Waals surface area contributed by atoms with Gasteiger partial charge in [-0.3, -0.25) is 14.5 Å². The summed E-state index contributed by atoms with van der Waals surface area (Å²) in [5.41, 5.74) is 2.11.